The summed E-state index contributed by atoms with van der Waals surface area (Å²) in [5.74, 6) is 0.345. The molecule has 0 heterocycles. The van der Waals surface area contributed by atoms with Crippen molar-refractivity contribution in [3.63, 3.8) is 0 Å². The van der Waals surface area contributed by atoms with Crippen molar-refractivity contribution in [2.75, 3.05) is 14.2 Å². The van der Waals surface area contributed by atoms with Gasteiger partial charge in [0.25, 0.3) is 0 Å². The van der Waals surface area contributed by atoms with Crippen molar-refractivity contribution in [1.82, 2.24) is 0 Å². The van der Waals surface area contributed by atoms with E-state index in [1.165, 1.54) is 14.2 Å². The molecular formula is C19H20O6. The van der Waals surface area contributed by atoms with E-state index in [2.05, 4.69) is 9.47 Å². The van der Waals surface area contributed by atoms with Gasteiger partial charge in [0.05, 0.1) is 25.3 Å². The van der Waals surface area contributed by atoms with Crippen LogP contribution in [0.1, 0.15) is 34.1 Å². The average molecular weight is 344 g/mol. The number of carbonyl (C=O) groups is 2. The molecule has 0 spiro atoms. The van der Waals surface area contributed by atoms with Crippen LogP contribution < -0.4 is 9.47 Å². The van der Waals surface area contributed by atoms with E-state index in [1.807, 2.05) is 6.92 Å². The zero-order chi connectivity index (χ0) is 18.2. The number of hydrogen-bond donors (Lipinski definition) is 0. The summed E-state index contributed by atoms with van der Waals surface area (Å²) in [5, 5.41) is 0. The molecular weight excluding hydrogens is 324 g/mol. The van der Waals surface area contributed by atoms with E-state index in [0.717, 1.165) is 0 Å². The number of methoxy groups -OCH3 is 2. The highest BCUT2D eigenvalue weighted by atomic mass is 16.7. The Hall–Kier alpha value is -3.02. The molecule has 25 heavy (non-hydrogen) atoms. The first-order chi connectivity index (χ1) is 12.1. The minimum absolute atomic E-state index is 0.402. The summed E-state index contributed by atoms with van der Waals surface area (Å²) in [6, 6.07) is 13.2. The van der Waals surface area contributed by atoms with Gasteiger partial charge in [0.1, 0.15) is 11.5 Å². The maximum Gasteiger partial charge on any atom is 0.337 e. The van der Waals surface area contributed by atoms with Crippen LogP contribution in [0.3, 0.4) is 0 Å². The van der Waals surface area contributed by atoms with Gasteiger partial charge in [-0.15, -0.1) is 0 Å². The highest BCUT2D eigenvalue weighted by molar-refractivity contribution is 5.89. The molecule has 0 radical (unpaired) electrons. The molecule has 0 aliphatic rings. The summed E-state index contributed by atoms with van der Waals surface area (Å²) in [5.41, 5.74) is 0.893. The Labute approximate surface area is 146 Å². The molecule has 132 valence electrons. The minimum Gasteiger partial charge on any atom is -0.465 e. The summed E-state index contributed by atoms with van der Waals surface area (Å²) in [7, 11) is 2.67. The van der Waals surface area contributed by atoms with Gasteiger partial charge in [-0.25, -0.2) is 9.59 Å². The van der Waals surface area contributed by atoms with E-state index in [4.69, 9.17) is 9.47 Å². The Balaban J connectivity index is 2.00. The monoisotopic (exact) mass is 344 g/mol. The van der Waals surface area contributed by atoms with E-state index in [0.29, 0.717) is 29.0 Å². The van der Waals surface area contributed by atoms with Crippen molar-refractivity contribution >= 4 is 11.9 Å². The highest BCUT2D eigenvalue weighted by Crippen LogP contribution is 2.19. The van der Waals surface area contributed by atoms with Crippen LogP contribution in [0.5, 0.6) is 11.5 Å². The molecule has 0 unspecified atom stereocenters. The van der Waals surface area contributed by atoms with Crippen LogP contribution in [0.25, 0.3) is 0 Å². The number of ether oxygens (including phenoxy) is 4. The SMILES string of the molecule is CCC(Oc1ccc(C(=O)OC)cc1)Oc1ccc(C(=O)OC)cc1. The number of rotatable bonds is 7. The molecule has 0 fully saturated rings. The maximum atomic E-state index is 11.4. The molecule has 0 saturated heterocycles. The summed E-state index contributed by atoms with van der Waals surface area (Å²) in [6.45, 7) is 1.93. The molecule has 0 N–H and O–H groups in total. The molecule has 0 amide bonds. The van der Waals surface area contributed by atoms with E-state index >= 15 is 0 Å². The molecule has 0 aliphatic carbocycles. The van der Waals surface area contributed by atoms with Gasteiger partial charge in [-0.1, -0.05) is 6.92 Å². The Morgan fingerprint density at radius 3 is 1.40 bits per heavy atom. The van der Waals surface area contributed by atoms with Crippen molar-refractivity contribution in [3.05, 3.63) is 59.7 Å². The fraction of sp³-hybridized carbons (Fsp3) is 0.263. The van der Waals surface area contributed by atoms with Gasteiger partial charge in [0.2, 0.25) is 6.29 Å². The third-order valence-corrected chi connectivity index (χ3v) is 3.42. The predicted octanol–water partition coefficient (Wildman–Crippen LogP) is 3.45. The zero-order valence-corrected chi connectivity index (χ0v) is 14.4. The van der Waals surface area contributed by atoms with Crippen LogP contribution in [0, 0.1) is 0 Å². The van der Waals surface area contributed by atoms with Crippen LogP contribution in [-0.4, -0.2) is 32.4 Å². The number of benzene rings is 2. The molecule has 0 bridgehead atoms. The molecule has 0 aliphatic heterocycles. The van der Waals surface area contributed by atoms with Crippen LogP contribution in [0.4, 0.5) is 0 Å². The second kappa shape index (κ2) is 8.73. The molecule has 2 rings (SSSR count). The standard InChI is InChI=1S/C19H20O6/c1-4-17(24-15-9-5-13(6-10-15)18(20)22-2)25-16-11-7-14(8-12-16)19(21)23-3/h5-12,17H,4H2,1-3H3. The molecule has 6 heteroatoms. The third-order valence-electron chi connectivity index (χ3n) is 3.42. The van der Waals surface area contributed by atoms with Crippen molar-refractivity contribution in [2.24, 2.45) is 0 Å². The lowest BCUT2D eigenvalue weighted by Gasteiger charge is -2.19. The van der Waals surface area contributed by atoms with Gasteiger partial charge >= 0.3 is 11.9 Å². The number of hydrogen-bond acceptors (Lipinski definition) is 6. The fourth-order valence-corrected chi connectivity index (χ4v) is 2.07. The lowest BCUT2D eigenvalue weighted by atomic mass is 10.2. The Morgan fingerprint density at radius 1 is 0.760 bits per heavy atom. The van der Waals surface area contributed by atoms with Crippen LogP contribution in [0.15, 0.2) is 48.5 Å². The predicted molar refractivity (Wildman–Crippen MR) is 90.9 cm³/mol. The summed E-state index contributed by atoms with van der Waals surface area (Å²) < 4.78 is 20.8. The van der Waals surface area contributed by atoms with E-state index in [1.54, 1.807) is 48.5 Å². The minimum atomic E-state index is -0.507. The van der Waals surface area contributed by atoms with Crippen LogP contribution in [0.2, 0.25) is 0 Å². The van der Waals surface area contributed by atoms with Crippen molar-refractivity contribution in [2.45, 2.75) is 19.6 Å². The summed E-state index contributed by atoms with van der Waals surface area (Å²) >= 11 is 0. The normalized spacial score (nSPS) is 10.2. The number of carbonyl (C=O) groups excluding carboxylic acids is 2. The molecule has 2 aromatic carbocycles. The van der Waals surface area contributed by atoms with Crippen molar-refractivity contribution < 1.29 is 28.5 Å². The topological polar surface area (TPSA) is 71.1 Å². The second-order valence-corrected chi connectivity index (χ2v) is 5.11. The van der Waals surface area contributed by atoms with Gasteiger partial charge in [-0.3, -0.25) is 0 Å². The van der Waals surface area contributed by atoms with Crippen LogP contribution >= 0.6 is 0 Å². The molecule has 0 saturated carbocycles. The number of esters is 2. The van der Waals surface area contributed by atoms with Gasteiger partial charge in [-0.2, -0.15) is 0 Å². The van der Waals surface area contributed by atoms with Gasteiger partial charge in [0, 0.05) is 6.42 Å². The first-order valence-electron chi connectivity index (χ1n) is 7.77. The maximum absolute atomic E-state index is 11.4. The van der Waals surface area contributed by atoms with Gasteiger partial charge in [-0.05, 0) is 48.5 Å². The second-order valence-electron chi connectivity index (χ2n) is 5.11. The Kier molecular flexibility index (Phi) is 6.39. The average Bonchev–Trinajstić information content (AvgIpc) is 2.67. The largest absolute Gasteiger partial charge is 0.465 e. The Morgan fingerprint density at radius 2 is 1.12 bits per heavy atom. The zero-order valence-electron chi connectivity index (χ0n) is 14.4. The van der Waals surface area contributed by atoms with E-state index in [-0.39, 0.29) is 0 Å². The van der Waals surface area contributed by atoms with Gasteiger partial charge < -0.3 is 18.9 Å². The molecule has 0 atom stereocenters. The highest BCUT2D eigenvalue weighted by Gasteiger charge is 2.12. The third kappa shape index (κ3) is 4.97. The molecule has 2 aromatic rings. The van der Waals surface area contributed by atoms with E-state index < -0.39 is 18.2 Å². The first-order valence-corrected chi connectivity index (χ1v) is 7.77. The smallest absolute Gasteiger partial charge is 0.337 e. The lowest BCUT2D eigenvalue weighted by Crippen LogP contribution is -2.23. The van der Waals surface area contributed by atoms with Gasteiger partial charge in [0.15, 0.2) is 0 Å². The molecule has 6 nitrogen and oxygen atoms in total. The van der Waals surface area contributed by atoms with Crippen molar-refractivity contribution in [3.8, 4) is 11.5 Å². The lowest BCUT2D eigenvalue weighted by molar-refractivity contribution is 0.00329. The molecule has 0 aromatic heterocycles. The van der Waals surface area contributed by atoms with Crippen molar-refractivity contribution in [1.29, 1.82) is 0 Å². The Bertz CT molecular complexity index is 644. The van der Waals surface area contributed by atoms with Crippen LogP contribution in [-0.2, 0) is 9.47 Å². The summed E-state index contributed by atoms with van der Waals surface area (Å²) in [4.78, 5) is 22.8. The fourth-order valence-electron chi connectivity index (χ4n) is 2.07. The summed E-state index contributed by atoms with van der Waals surface area (Å²) in [6.07, 6.45) is 0.102. The quantitative estimate of drug-likeness (QED) is 0.566. The first kappa shape index (κ1) is 18.3. The van der Waals surface area contributed by atoms with E-state index in [9.17, 15) is 9.59 Å².